The van der Waals surface area contributed by atoms with Crippen LogP contribution in [0.2, 0.25) is 0 Å². The number of thioether (sulfide) groups is 1. The fourth-order valence-electron chi connectivity index (χ4n) is 6.49. The minimum Gasteiger partial charge on any atom is -0.478 e. The molecule has 0 unspecified atom stereocenters. The molecule has 0 spiro atoms. The summed E-state index contributed by atoms with van der Waals surface area (Å²) < 4.78 is 18.2. The van der Waals surface area contributed by atoms with Crippen LogP contribution in [0.4, 0.5) is 4.79 Å². The highest BCUT2D eigenvalue weighted by molar-refractivity contribution is 7.99. The summed E-state index contributed by atoms with van der Waals surface area (Å²) in [6.45, 7) is 2.20. The molecule has 1 aliphatic heterocycles. The van der Waals surface area contributed by atoms with Crippen molar-refractivity contribution in [2.75, 3.05) is 12.9 Å². The number of aliphatic hydroxyl groups excluding tert-OH is 1. The SMILES string of the molecule is COC(=O)[C@H](Cc1ccccc1)NC(=O)NCc1ccccc1-c1ccc([C@@H]2O[C@H](CSc3ncccc3C(=O)O)[C@H](C)[C@H](c3ccc(CO)cc3)O2)cc1. The van der Waals surface area contributed by atoms with Gasteiger partial charge in [0.2, 0.25) is 0 Å². The Morgan fingerprint density at radius 1 is 0.855 bits per heavy atom. The first-order chi connectivity index (χ1) is 26.7. The number of hydrogen-bond donors (Lipinski definition) is 4. The molecule has 5 atom stereocenters. The first-order valence-electron chi connectivity index (χ1n) is 17.9. The number of nitrogens with one attached hydrogen (secondary N) is 2. The Kier molecular flexibility index (Phi) is 13.3. The maximum absolute atomic E-state index is 13.0. The number of rotatable bonds is 14. The number of amides is 2. The van der Waals surface area contributed by atoms with Crippen LogP contribution in [0, 0.1) is 5.92 Å². The Morgan fingerprint density at radius 2 is 1.56 bits per heavy atom. The molecule has 4 aromatic carbocycles. The van der Waals surface area contributed by atoms with Gasteiger partial charge in [0, 0.05) is 36.4 Å². The summed E-state index contributed by atoms with van der Waals surface area (Å²) in [6, 6.07) is 34.5. The number of pyridine rings is 1. The molecule has 0 radical (unpaired) electrons. The van der Waals surface area contributed by atoms with E-state index < -0.39 is 30.3 Å². The van der Waals surface area contributed by atoms with Crippen molar-refractivity contribution in [3.8, 4) is 11.1 Å². The molecular weight excluding hydrogens is 719 g/mol. The fourth-order valence-corrected chi connectivity index (χ4v) is 7.64. The Morgan fingerprint density at radius 3 is 2.27 bits per heavy atom. The van der Waals surface area contributed by atoms with Gasteiger partial charge in [0.05, 0.1) is 31.5 Å². The van der Waals surface area contributed by atoms with E-state index in [0.717, 1.165) is 38.9 Å². The highest BCUT2D eigenvalue weighted by atomic mass is 32.2. The molecular formula is C43H43N3O8S. The number of carboxylic acids is 1. The zero-order valence-corrected chi connectivity index (χ0v) is 31.3. The Bertz CT molecular complexity index is 2060. The Balaban J connectivity index is 1.17. The summed E-state index contributed by atoms with van der Waals surface area (Å²) in [4.78, 5) is 41.6. The van der Waals surface area contributed by atoms with Gasteiger partial charge in [0.25, 0.3) is 0 Å². The van der Waals surface area contributed by atoms with E-state index in [1.807, 2.05) is 103 Å². The summed E-state index contributed by atoms with van der Waals surface area (Å²) in [5, 5.41) is 25.4. The largest absolute Gasteiger partial charge is 0.478 e. The summed E-state index contributed by atoms with van der Waals surface area (Å²) in [5.74, 6) is -1.22. The van der Waals surface area contributed by atoms with Gasteiger partial charge in [-0.3, -0.25) is 0 Å². The number of esters is 1. The molecule has 6 rings (SSSR count). The van der Waals surface area contributed by atoms with Crippen LogP contribution in [-0.4, -0.2) is 58.2 Å². The summed E-state index contributed by atoms with van der Waals surface area (Å²) in [7, 11) is 1.30. The van der Waals surface area contributed by atoms with E-state index >= 15 is 0 Å². The van der Waals surface area contributed by atoms with Gasteiger partial charge >= 0.3 is 18.0 Å². The van der Waals surface area contributed by atoms with Crippen LogP contribution < -0.4 is 10.6 Å². The first kappa shape index (κ1) is 39.2. The molecule has 12 heteroatoms. The quantitative estimate of drug-likeness (QED) is 0.0680. The molecule has 4 N–H and O–H groups in total. The maximum Gasteiger partial charge on any atom is 0.338 e. The molecule has 5 aromatic rings. The van der Waals surface area contributed by atoms with E-state index in [0.29, 0.717) is 17.2 Å². The number of hydrogen-bond acceptors (Lipinski definition) is 9. The second-order valence-corrected chi connectivity index (χ2v) is 14.2. The van der Waals surface area contributed by atoms with Crippen molar-refractivity contribution in [1.82, 2.24) is 15.6 Å². The predicted octanol–water partition coefficient (Wildman–Crippen LogP) is 7.11. The van der Waals surface area contributed by atoms with Gasteiger partial charge in [-0.25, -0.2) is 19.4 Å². The van der Waals surface area contributed by atoms with Crippen molar-refractivity contribution in [3.05, 3.63) is 155 Å². The van der Waals surface area contributed by atoms with Gasteiger partial charge in [-0.1, -0.05) is 110 Å². The van der Waals surface area contributed by atoms with E-state index in [4.69, 9.17) is 14.2 Å². The summed E-state index contributed by atoms with van der Waals surface area (Å²) in [6.07, 6.45) is 0.488. The van der Waals surface area contributed by atoms with Gasteiger partial charge in [0.15, 0.2) is 6.29 Å². The molecule has 0 saturated carbocycles. The number of aliphatic hydroxyl groups is 1. The monoisotopic (exact) mass is 761 g/mol. The van der Waals surface area contributed by atoms with Gasteiger partial charge in [0.1, 0.15) is 11.1 Å². The standard InChI is InChI=1S/C43H43N3O8S/c1-27-37(26-55-39-35(40(48)49)13-8-22-44-39)53-42(54-38(27)31-16-14-29(25-47)15-17-31)32-20-18-30(19-21-32)34-12-7-6-11-33(34)24-45-43(51)46-36(41(50)52-2)23-28-9-4-3-5-10-28/h3-22,27,36-38,42,47H,23-26H2,1-2H3,(H,48,49)(H2,45,46,51)/t27-,36-,37+,38+,42+/m0/s1. The van der Waals surface area contributed by atoms with Gasteiger partial charge in [-0.15, -0.1) is 11.8 Å². The zero-order valence-electron chi connectivity index (χ0n) is 30.5. The van der Waals surface area contributed by atoms with Crippen LogP contribution in [0.3, 0.4) is 0 Å². The molecule has 1 fully saturated rings. The molecule has 1 aromatic heterocycles. The number of carboxylic acid groups (broad SMARTS) is 1. The molecule has 2 amide bonds. The number of methoxy groups -OCH3 is 1. The van der Waals surface area contributed by atoms with E-state index in [1.54, 1.807) is 18.3 Å². The molecule has 2 heterocycles. The first-order valence-corrected chi connectivity index (χ1v) is 18.9. The van der Waals surface area contributed by atoms with E-state index in [9.17, 15) is 24.6 Å². The number of aromatic carboxylic acids is 1. The summed E-state index contributed by atoms with van der Waals surface area (Å²) >= 11 is 1.34. The van der Waals surface area contributed by atoms with E-state index in [-0.39, 0.29) is 36.8 Å². The lowest BCUT2D eigenvalue weighted by Crippen LogP contribution is -2.47. The lowest BCUT2D eigenvalue weighted by molar-refractivity contribution is -0.268. The second-order valence-electron chi connectivity index (χ2n) is 13.2. The Hall–Kier alpha value is -5.53. The fraction of sp³-hybridized carbons (Fsp3) is 0.256. The maximum atomic E-state index is 13.0. The van der Waals surface area contributed by atoms with Crippen molar-refractivity contribution in [1.29, 1.82) is 0 Å². The smallest absolute Gasteiger partial charge is 0.338 e. The normalized spacial score (nSPS) is 18.5. The zero-order chi connectivity index (χ0) is 38.7. The average Bonchev–Trinajstić information content (AvgIpc) is 3.22. The molecule has 0 aliphatic carbocycles. The van der Waals surface area contributed by atoms with Crippen LogP contribution in [-0.2, 0) is 38.6 Å². The van der Waals surface area contributed by atoms with Crippen molar-refractivity contribution in [3.63, 3.8) is 0 Å². The number of benzene rings is 4. The van der Waals surface area contributed by atoms with E-state index in [2.05, 4.69) is 22.5 Å². The lowest BCUT2D eigenvalue weighted by atomic mass is 9.91. The molecule has 0 bridgehead atoms. The third-order valence-electron chi connectivity index (χ3n) is 9.53. The number of carbonyl (C=O) groups excluding carboxylic acids is 2. The van der Waals surface area contributed by atoms with Gasteiger partial charge < -0.3 is 35.1 Å². The van der Waals surface area contributed by atoms with Gasteiger partial charge in [-0.2, -0.15) is 0 Å². The van der Waals surface area contributed by atoms with Crippen LogP contribution in [0.1, 0.15) is 57.5 Å². The second kappa shape index (κ2) is 18.7. The van der Waals surface area contributed by atoms with Crippen molar-refractivity contribution in [2.24, 2.45) is 5.92 Å². The predicted molar refractivity (Wildman–Crippen MR) is 208 cm³/mol. The van der Waals surface area contributed by atoms with Crippen molar-refractivity contribution < 1.29 is 38.8 Å². The number of urea groups is 1. The third kappa shape index (κ3) is 9.97. The molecule has 1 aliphatic rings. The van der Waals surface area contributed by atoms with Crippen LogP contribution in [0.25, 0.3) is 11.1 Å². The van der Waals surface area contributed by atoms with Gasteiger partial charge in [-0.05, 0) is 45.5 Å². The highest BCUT2D eigenvalue weighted by Crippen LogP contribution is 2.43. The molecule has 55 heavy (non-hydrogen) atoms. The topological polar surface area (TPSA) is 156 Å². The number of ether oxygens (including phenoxy) is 3. The van der Waals surface area contributed by atoms with Crippen molar-refractivity contribution >= 4 is 29.7 Å². The number of carbonyl (C=O) groups is 3. The minimum absolute atomic E-state index is 0.0638. The molecule has 1 saturated heterocycles. The van der Waals surface area contributed by atoms with Crippen LogP contribution in [0.15, 0.2) is 126 Å². The lowest BCUT2D eigenvalue weighted by Gasteiger charge is -2.41. The molecule has 11 nitrogen and oxygen atoms in total. The minimum atomic E-state index is -1.04. The van der Waals surface area contributed by atoms with Crippen LogP contribution >= 0.6 is 11.8 Å². The summed E-state index contributed by atoms with van der Waals surface area (Å²) in [5.41, 5.74) is 6.28. The average molecular weight is 762 g/mol. The van der Waals surface area contributed by atoms with E-state index in [1.165, 1.54) is 18.9 Å². The Labute approximate surface area is 324 Å². The van der Waals surface area contributed by atoms with Crippen LogP contribution in [0.5, 0.6) is 0 Å². The third-order valence-corrected chi connectivity index (χ3v) is 10.6. The number of aromatic nitrogens is 1. The molecule has 284 valence electrons. The van der Waals surface area contributed by atoms with Crippen molar-refractivity contribution in [2.45, 2.75) is 56.1 Å². The number of nitrogens with zero attached hydrogens (tertiary/aromatic N) is 1. The highest BCUT2D eigenvalue weighted by Gasteiger charge is 2.38.